The predicted octanol–water partition coefficient (Wildman–Crippen LogP) is 2.21. The average Bonchev–Trinajstić information content (AvgIpc) is 2.52. The highest BCUT2D eigenvalue weighted by Gasteiger charge is 2.30. The van der Waals surface area contributed by atoms with Gasteiger partial charge in [-0.25, -0.2) is 4.79 Å². The molecule has 0 radical (unpaired) electrons. The van der Waals surface area contributed by atoms with E-state index in [9.17, 15) is 9.59 Å². The van der Waals surface area contributed by atoms with Gasteiger partial charge in [-0.05, 0) is 37.5 Å². The molecular weight excluding hydrogens is 296 g/mol. The molecule has 0 fully saturated rings. The van der Waals surface area contributed by atoms with Gasteiger partial charge in [0, 0.05) is 0 Å². The van der Waals surface area contributed by atoms with Crippen LogP contribution < -0.4 is 10.1 Å². The number of nitrogens with zero attached hydrogens (tertiary/aromatic N) is 1. The summed E-state index contributed by atoms with van der Waals surface area (Å²) < 4.78 is 10.1. The number of aryl methyl sites for hydroxylation is 1. The first kappa shape index (κ1) is 18.5. The average molecular weight is 318 g/mol. The molecule has 124 valence electrons. The molecule has 23 heavy (non-hydrogen) atoms. The summed E-state index contributed by atoms with van der Waals surface area (Å²) in [5.41, 5.74) is 0.187. The third-order valence-electron chi connectivity index (χ3n) is 3.76. The number of ether oxygens (including phenoxy) is 2. The van der Waals surface area contributed by atoms with Crippen molar-refractivity contribution in [2.75, 3.05) is 13.7 Å². The van der Waals surface area contributed by atoms with Gasteiger partial charge in [0.25, 0.3) is 5.91 Å². The Hall–Kier alpha value is -2.55. The van der Waals surface area contributed by atoms with Crippen molar-refractivity contribution >= 4 is 11.9 Å². The fraction of sp³-hybridized carbons (Fsp3) is 0.471. The molecule has 1 aromatic carbocycles. The highest BCUT2D eigenvalue weighted by Crippen LogP contribution is 2.19. The van der Waals surface area contributed by atoms with E-state index in [2.05, 4.69) is 11.4 Å². The van der Waals surface area contributed by atoms with Crippen LogP contribution in [-0.4, -0.2) is 31.1 Å². The summed E-state index contributed by atoms with van der Waals surface area (Å²) >= 11 is 0. The molecule has 0 heterocycles. The molecule has 0 aromatic heterocycles. The molecule has 0 unspecified atom stereocenters. The number of nitriles is 1. The number of benzene rings is 1. The Morgan fingerprint density at radius 3 is 2.57 bits per heavy atom. The van der Waals surface area contributed by atoms with Crippen molar-refractivity contribution in [3.05, 3.63) is 29.3 Å². The van der Waals surface area contributed by atoms with E-state index in [0.717, 1.165) is 5.56 Å². The summed E-state index contributed by atoms with van der Waals surface area (Å²) in [6, 6.07) is 6.96. The summed E-state index contributed by atoms with van der Waals surface area (Å²) in [7, 11) is 1.51. The second-order valence-electron chi connectivity index (χ2n) is 5.78. The van der Waals surface area contributed by atoms with Gasteiger partial charge in [0.2, 0.25) is 0 Å². The van der Waals surface area contributed by atoms with Gasteiger partial charge < -0.3 is 14.8 Å². The quantitative estimate of drug-likeness (QED) is 0.812. The molecule has 1 N–H and O–H groups in total. The minimum absolute atomic E-state index is 0.0755. The molecule has 0 aliphatic carbocycles. The number of nitrogens with one attached hydrogen (secondary N) is 1. The lowest BCUT2D eigenvalue weighted by Crippen LogP contribution is -2.50. The maximum absolute atomic E-state index is 12.0. The number of hydrogen-bond donors (Lipinski definition) is 1. The number of carbonyl (C=O) groups is 2. The Balaban J connectivity index is 2.66. The van der Waals surface area contributed by atoms with E-state index < -0.39 is 24.0 Å². The number of esters is 1. The molecular formula is C17H22N2O4. The fourth-order valence-corrected chi connectivity index (χ4v) is 1.79. The van der Waals surface area contributed by atoms with Gasteiger partial charge in [0.15, 0.2) is 6.61 Å². The fourth-order valence-electron chi connectivity index (χ4n) is 1.79. The molecule has 0 saturated carbocycles. The highest BCUT2D eigenvalue weighted by molar-refractivity contribution is 5.92. The number of amides is 1. The summed E-state index contributed by atoms with van der Waals surface area (Å²) in [5, 5.41) is 11.7. The third kappa shape index (κ3) is 4.71. The zero-order valence-corrected chi connectivity index (χ0v) is 14.1. The molecule has 1 aromatic rings. The normalized spacial score (nSPS) is 12.9. The van der Waals surface area contributed by atoms with Crippen LogP contribution in [0.4, 0.5) is 0 Å². The van der Waals surface area contributed by atoms with Crippen molar-refractivity contribution in [3.63, 3.8) is 0 Å². The molecule has 1 rings (SSSR count). The Bertz CT molecular complexity index is 634. The number of methoxy groups -OCH3 is 1. The van der Waals surface area contributed by atoms with E-state index in [4.69, 9.17) is 14.7 Å². The van der Waals surface area contributed by atoms with Crippen LogP contribution in [0.3, 0.4) is 0 Å². The first-order valence-electron chi connectivity index (χ1n) is 7.27. The van der Waals surface area contributed by atoms with Gasteiger partial charge in [-0.3, -0.25) is 4.79 Å². The second kappa shape index (κ2) is 7.63. The van der Waals surface area contributed by atoms with E-state index in [1.165, 1.54) is 7.11 Å². The lowest BCUT2D eigenvalue weighted by Gasteiger charge is -2.27. The third-order valence-corrected chi connectivity index (χ3v) is 3.76. The van der Waals surface area contributed by atoms with E-state index in [1.807, 2.05) is 20.8 Å². The van der Waals surface area contributed by atoms with Crippen LogP contribution in [0.25, 0.3) is 0 Å². The van der Waals surface area contributed by atoms with Crippen LogP contribution in [-0.2, 0) is 9.53 Å². The van der Waals surface area contributed by atoms with Crippen LogP contribution in [0.15, 0.2) is 18.2 Å². The van der Waals surface area contributed by atoms with Crippen LogP contribution in [0.2, 0.25) is 0 Å². The zero-order valence-electron chi connectivity index (χ0n) is 14.1. The number of rotatable bonds is 6. The largest absolute Gasteiger partial charge is 0.496 e. The summed E-state index contributed by atoms with van der Waals surface area (Å²) in [6.07, 6.45) is 0. The van der Waals surface area contributed by atoms with Gasteiger partial charge in [-0.2, -0.15) is 5.26 Å². The van der Waals surface area contributed by atoms with Gasteiger partial charge in [-0.15, -0.1) is 0 Å². The maximum atomic E-state index is 12.0. The molecule has 0 bridgehead atoms. The van der Waals surface area contributed by atoms with E-state index in [1.54, 1.807) is 25.1 Å². The molecule has 1 amide bonds. The van der Waals surface area contributed by atoms with Crippen molar-refractivity contribution in [1.82, 2.24) is 5.32 Å². The Morgan fingerprint density at radius 1 is 1.39 bits per heavy atom. The monoisotopic (exact) mass is 318 g/mol. The zero-order chi connectivity index (χ0) is 17.6. The Morgan fingerprint density at radius 2 is 2.04 bits per heavy atom. The summed E-state index contributed by atoms with van der Waals surface area (Å²) in [5.74, 6) is -0.647. The topological polar surface area (TPSA) is 88.4 Å². The summed E-state index contributed by atoms with van der Waals surface area (Å²) in [6.45, 7) is 6.69. The number of carbonyl (C=O) groups excluding carboxylic acids is 2. The highest BCUT2D eigenvalue weighted by atomic mass is 16.5. The SMILES string of the molecule is COc1cc(C(=O)OCC(=O)N[C@@](C)(C#N)C(C)C)ccc1C. The molecule has 1 atom stereocenters. The molecule has 0 aliphatic rings. The predicted molar refractivity (Wildman–Crippen MR) is 85.0 cm³/mol. The lowest BCUT2D eigenvalue weighted by atomic mass is 9.90. The maximum Gasteiger partial charge on any atom is 0.338 e. The van der Waals surface area contributed by atoms with Crippen LogP contribution >= 0.6 is 0 Å². The number of hydrogen-bond acceptors (Lipinski definition) is 5. The van der Waals surface area contributed by atoms with Crippen molar-refractivity contribution in [2.45, 2.75) is 33.2 Å². The minimum atomic E-state index is -1.00. The smallest absolute Gasteiger partial charge is 0.338 e. The van der Waals surface area contributed by atoms with E-state index >= 15 is 0 Å². The van der Waals surface area contributed by atoms with Crippen molar-refractivity contribution in [3.8, 4) is 11.8 Å². The first-order chi connectivity index (χ1) is 10.7. The first-order valence-corrected chi connectivity index (χ1v) is 7.27. The van der Waals surface area contributed by atoms with E-state index in [-0.39, 0.29) is 5.92 Å². The lowest BCUT2D eigenvalue weighted by molar-refractivity contribution is -0.125. The second-order valence-corrected chi connectivity index (χ2v) is 5.78. The molecule has 6 nitrogen and oxygen atoms in total. The van der Waals surface area contributed by atoms with Gasteiger partial charge in [0.1, 0.15) is 11.3 Å². The Labute approximate surface area is 136 Å². The minimum Gasteiger partial charge on any atom is -0.496 e. The Kier molecular flexibility index (Phi) is 6.14. The summed E-state index contributed by atoms with van der Waals surface area (Å²) in [4.78, 5) is 23.8. The van der Waals surface area contributed by atoms with Crippen molar-refractivity contribution in [1.29, 1.82) is 5.26 Å². The van der Waals surface area contributed by atoms with Gasteiger partial charge in [-0.1, -0.05) is 19.9 Å². The standard InChI is InChI=1S/C17H22N2O4/c1-11(2)17(4,10-18)19-15(20)9-23-16(21)13-7-6-12(3)14(8-13)22-5/h6-8,11H,9H2,1-5H3,(H,19,20)/t17-/m0/s1. The molecule has 6 heteroatoms. The molecule has 0 spiro atoms. The van der Waals surface area contributed by atoms with E-state index in [0.29, 0.717) is 11.3 Å². The van der Waals surface area contributed by atoms with Crippen molar-refractivity contribution in [2.24, 2.45) is 5.92 Å². The van der Waals surface area contributed by atoms with Gasteiger partial charge in [0.05, 0.1) is 18.7 Å². The van der Waals surface area contributed by atoms with Gasteiger partial charge >= 0.3 is 5.97 Å². The van der Waals surface area contributed by atoms with Crippen LogP contribution in [0.5, 0.6) is 5.75 Å². The van der Waals surface area contributed by atoms with Crippen molar-refractivity contribution < 1.29 is 19.1 Å². The van der Waals surface area contributed by atoms with Crippen LogP contribution in [0.1, 0.15) is 36.7 Å². The molecule has 0 saturated heterocycles. The van der Waals surface area contributed by atoms with Crippen LogP contribution in [0, 0.1) is 24.2 Å². The molecule has 0 aliphatic heterocycles.